The van der Waals surface area contributed by atoms with E-state index in [0.717, 1.165) is 8.66 Å². The molecule has 4 aromatic rings. The summed E-state index contributed by atoms with van der Waals surface area (Å²) >= 11 is 6.09. The first-order valence-corrected chi connectivity index (χ1v) is 11.5. The molecule has 0 spiro atoms. The highest BCUT2D eigenvalue weighted by molar-refractivity contribution is 9.11. The molecule has 0 aliphatic carbocycles. The van der Waals surface area contributed by atoms with Crippen LogP contribution in [-0.4, -0.2) is 27.4 Å². The molecular formula is C21H15BrN4O2S2. The third-order valence-electron chi connectivity index (χ3n) is 4.07. The maximum atomic E-state index is 13.1. The molecule has 0 aliphatic rings. The predicted molar refractivity (Wildman–Crippen MR) is 126 cm³/mol. The highest BCUT2D eigenvalue weighted by Gasteiger charge is 2.14. The lowest BCUT2D eigenvalue weighted by Gasteiger charge is -2.12. The standard InChI is InChI=1S/C21H15BrN4O2S2/c22-18-11-10-15(30-18)12-23-25-19(27)13-29-21-24-17-9-5-4-8-16(17)20(28)26(21)14-6-2-1-3-7-14/h1-12H,13H2,(H,25,27)/b23-12+. The minimum atomic E-state index is -0.283. The fourth-order valence-electron chi connectivity index (χ4n) is 2.74. The number of nitrogens with zero attached hydrogens (tertiary/aromatic N) is 3. The van der Waals surface area contributed by atoms with Gasteiger partial charge in [-0.05, 0) is 52.3 Å². The second kappa shape index (κ2) is 9.38. The molecule has 6 nitrogen and oxygen atoms in total. The molecule has 0 fully saturated rings. The molecule has 9 heteroatoms. The maximum absolute atomic E-state index is 13.1. The number of carbonyl (C=O) groups is 1. The topological polar surface area (TPSA) is 76.3 Å². The second-order valence-electron chi connectivity index (χ2n) is 6.11. The summed E-state index contributed by atoms with van der Waals surface area (Å²) in [4.78, 5) is 30.9. The molecule has 0 bridgehead atoms. The van der Waals surface area contributed by atoms with Crippen molar-refractivity contribution in [3.63, 3.8) is 0 Å². The SMILES string of the molecule is O=C(CSc1nc2ccccc2c(=O)n1-c1ccccc1)N/N=C/c1ccc(Br)s1. The summed E-state index contributed by atoms with van der Waals surface area (Å²) in [5.74, 6) is -0.211. The highest BCUT2D eigenvalue weighted by Crippen LogP contribution is 2.22. The number of thioether (sulfide) groups is 1. The quantitative estimate of drug-likeness (QED) is 0.184. The number of hydrogen-bond donors (Lipinski definition) is 1. The van der Waals surface area contributed by atoms with E-state index < -0.39 is 0 Å². The zero-order valence-electron chi connectivity index (χ0n) is 15.5. The van der Waals surface area contributed by atoms with Crippen molar-refractivity contribution in [3.8, 4) is 5.69 Å². The Labute approximate surface area is 188 Å². The lowest BCUT2D eigenvalue weighted by Crippen LogP contribution is -2.24. The van der Waals surface area contributed by atoms with Crippen LogP contribution in [0, 0.1) is 0 Å². The van der Waals surface area contributed by atoms with Crippen molar-refractivity contribution in [1.29, 1.82) is 0 Å². The van der Waals surface area contributed by atoms with E-state index in [0.29, 0.717) is 21.7 Å². The van der Waals surface area contributed by atoms with Crippen molar-refractivity contribution in [2.45, 2.75) is 5.16 Å². The normalized spacial score (nSPS) is 11.2. The maximum Gasteiger partial charge on any atom is 0.266 e. The molecule has 2 aromatic heterocycles. The zero-order chi connectivity index (χ0) is 20.9. The van der Waals surface area contributed by atoms with E-state index in [1.54, 1.807) is 18.3 Å². The molecule has 0 unspecified atom stereocenters. The number of thiophene rings is 1. The van der Waals surface area contributed by atoms with E-state index in [4.69, 9.17) is 0 Å². The molecule has 2 heterocycles. The number of halogens is 1. The van der Waals surface area contributed by atoms with Gasteiger partial charge in [0.2, 0.25) is 0 Å². The highest BCUT2D eigenvalue weighted by atomic mass is 79.9. The van der Waals surface area contributed by atoms with Gasteiger partial charge in [-0.2, -0.15) is 5.10 Å². The summed E-state index contributed by atoms with van der Waals surface area (Å²) in [6.07, 6.45) is 1.59. The number of hydrogen-bond acceptors (Lipinski definition) is 6. The Morgan fingerprint density at radius 1 is 1.13 bits per heavy atom. The molecule has 0 saturated carbocycles. The van der Waals surface area contributed by atoms with Crippen LogP contribution in [0.4, 0.5) is 0 Å². The first kappa shape index (κ1) is 20.5. The Morgan fingerprint density at radius 3 is 2.67 bits per heavy atom. The Bertz CT molecular complexity index is 1290. The van der Waals surface area contributed by atoms with Gasteiger partial charge < -0.3 is 0 Å². The lowest BCUT2D eigenvalue weighted by molar-refractivity contribution is -0.118. The average Bonchev–Trinajstić information content (AvgIpc) is 3.18. The minimum absolute atomic E-state index is 0.0725. The summed E-state index contributed by atoms with van der Waals surface area (Å²) in [7, 11) is 0. The minimum Gasteiger partial charge on any atom is -0.272 e. The van der Waals surface area contributed by atoms with Gasteiger partial charge in [-0.3, -0.25) is 14.2 Å². The largest absolute Gasteiger partial charge is 0.272 e. The van der Waals surface area contributed by atoms with E-state index >= 15 is 0 Å². The Morgan fingerprint density at radius 2 is 1.90 bits per heavy atom. The van der Waals surface area contributed by atoms with E-state index in [9.17, 15) is 9.59 Å². The molecule has 150 valence electrons. The van der Waals surface area contributed by atoms with E-state index in [-0.39, 0.29) is 17.2 Å². The Hall–Kier alpha value is -2.75. The second-order valence-corrected chi connectivity index (χ2v) is 9.55. The van der Waals surface area contributed by atoms with Crippen LogP contribution in [0.2, 0.25) is 0 Å². The summed E-state index contributed by atoms with van der Waals surface area (Å²) in [6, 6.07) is 20.3. The van der Waals surface area contributed by atoms with Crippen LogP contribution in [0.3, 0.4) is 0 Å². The van der Waals surface area contributed by atoms with Gasteiger partial charge in [0, 0.05) is 4.88 Å². The van der Waals surface area contributed by atoms with Crippen LogP contribution in [0.1, 0.15) is 4.88 Å². The first-order valence-electron chi connectivity index (χ1n) is 8.89. The molecule has 0 aliphatic heterocycles. The van der Waals surface area contributed by atoms with Crippen LogP contribution in [0.25, 0.3) is 16.6 Å². The number of para-hydroxylation sites is 2. The van der Waals surface area contributed by atoms with Gasteiger partial charge in [-0.25, -0.2) is 10.4 Å². The molecule has 1 N–H and O–H groups in total. The number of rotatable bonds is 6. The van der Waals surface area contributed by atoms with Crippen LogP contribution in [-0.2, 0) is 4.79 Å². The van der Waals surface area contributed by atoms with Crippen molar-refractivity contribution in [3.05, 3.63) is 85.7 Å². The van der Waals surface area contributed by atoms with Crippen molar-refractivity contribution < 1.29 is 4.79 Å². The van der Waals surface area contributed by atoms with Crippen molar-refractivity contribution >= 4 is 62.1 Å². The van der Waals surface area contributed by atoms with Crippen molar-refractivity contribution in [1.82, 2.24) is 15.0 Å². The van der Waals surface area contributed by atoms with E-state index in [1.165, 1.54) is 27.7 Å². The van der Waals surface area contributed by atoms with Crippen LogP contribution in [0.15, 0.2) is 85.6 Å². The van der Waals surface area contributed by atoms with Gasteiger partial charge in [0.1, 0.15) is 0 Å². The monoisotopic (exact) mass is 498 g/mol. The van der Waals surface area contributed by atoms with E-state index in [2.05, 4.69) is 31.4 Å². The molecule has 0 radical (unpaired) electrons. The molecule has 0 atom stereocenters. The van der Waals surface area contributed by atoms with Gasteiger partial charge in [-0.15, -0.1) is 11.3 Å². The molecule has 2 aromatic carbocycles. The number of nitrogens with one attached hydrogen (secondary N) is 1. The Kier molecular flexibility index (Phi) is 6.41. The summed E-state index contributed by atoms with van der Waals surface area (Å²) in [5.41, 5.74) is 3.63. The Balaban J connectivity index is 1.56. The smallest absolute Gasteiger partial charge is 0.266 e. The van der Waals surface area contributed by atoms with Crippen LogP contribution < -0.4 is 11.0 Å². The third kappa shape index (κ3) is 4.69. The zero-order valence-corrected chi connectivity index (χ0v) is 18.7. The molecule has 0 saturated heterocycles. The number of hydrazone groups is 1. The van der Waals surface area contributed by atoms with Crippen LogP contribution >= 0.6 is 39.0 Å². The molecular weight excluding hydrogens is 484 g/mol. The summed E-state index contributed by atoms with van der Waals surface area (Å²) < 4.78 is 2.53. The molecule has 4 rings (SSSR count). The third-order valence-corrected chi connectivity index (χ3v) is 6.56. The molecule has 30 heavy (non-hydrogen) atoms. The van der Waals surface area contributed by atoms with Crippen LogP contribution in [0.5, 0.6) is 0 Å². The van der Waals surface area contributed by atoms with E-state index in [1.807, 2.05) is 54.6 Å². The number of fused-ring (bicyclic) bond motifs is 1. The van der Waals surface area contributed by atoms with Gasteiger partial charge >= 0.3 is 0 Å². The fourth-order valence-corrected chi connectivity index (χ4v) is 4.84. The van der Waals surface area contributed by atoms with Gasteiger partial charge in [-0.1, -0.05) is 42.1 Å². The summed E-state index contributed by atoms with van der Waals surface area (Å²) in [5, 5.41) is 4.96. The predicted octanol–water partition coefficient (Wildman–Crippen LogP) is 4.45. The van der Waals surface area contributed by atoms with Gasteiger partial charge in [0.05, 0.1) is 32.3 Å². The number of amides is 1. The average molecular weight is 499 g/mol. The first-order chi connectivity index (χ1) is 14.6. The van der Waals surface area contributed by atoms with Crippen molar-refractivity contribution in [2.75, 3.05) is 5.75 Å². The van der Waals surface area contributed by atoms with Gasteiger partial charge in [0.25, 0.3) is 11.5 Å². The number of aromatic nitrogens is 2. The summed E-state index contributed by atoms with van der Waals surface area (Å²) in [6.45, 7) is 0. The number of benzene rings is 2. The van der Waals surface area contributed by atoms with Crippen molar-refractivity contribution in [2.24, 2.45) is 5.10 Å². The molecule has 1 amide bonds. The lowest BCUT2D eigenvalue weighted by atomic mass is 10.2. The fraction of sp³-hybridized carbons (Fsp3) is 0.0476. The van der Waals surface area contributed by atoms with Gasteiger partial charge in [0.15, 0.2) is 5.16 Å². The number of carbonyl (C=O) groups excluding carboxylic acids is 1.